The van der Waals surface area contributed by atoms with Gasteiger partial charge in [-0.2, -0.15) is 4.31 Å². The number of aliphatic carboxylic acids is 1. The molecular formula is C33H42Cl2N6O6S. The Hall–Kier alpha value is -3.26. The third-order valence-corrected chi connectivity index (χ3v) is 11.7. The molecule has 2 saturated heterocycles. The minimum atomic E-state index is -4.13. The van der Waals surface area contributed by atoms with Gasteiger partial charge in [-0.3, -0.25) is 9.59 Å². The number of carbonyl (C=O) groups excluding carboxylic acids is 2. The first-order valence-electron chi connectivity index (χ1n) is 16.4. The van der Waals surface area contributed by atoms with Crippen LogP contribution in [-0.4, -0.2) is 86.8 Å². The molecule has 0 unspecified atom stereocenters. The summed E-state index contributed by atoms with van der Waals surface area (Å²) in [6.45, 7) is 8.20. The Morgan fingerprint density at radius 1 is 1.02 bits per heavy atom. The first-order chi connectivity index (χ1) is 22.8. The van der Waals surface area contributed by atoms with E-state index >= 15 is 0 Å². The van der Waals surface area contributed by atoms with Crippen LogP contribution in [0.1, 0.15) is 69.0 Å². The van der Waals surface area contributed by atoms with Gasteiger partial charge in [-0.15, -0.1) is 0 Å². The van der Waals surface area contributed by atoms with E-state index in [-0.39, 0.29) is 46.7 Å². The van der Waals surface area contributed by atoms with Crippen LogP contribution in [-0.2, 0) is 37.4 Å². The molecular weight excluding hydrogens is 679 g/mol. The van der Waals surface area contributed by atoms with Crippen molar-refractivity contribution in [3.8, 4) is 0 Å². The van der Waals surface area contributed by atoms with Crippen LogP contribution in [0.15, 0.2) is 29.2 Å². The summed E-state index contributed by atoms with van der Waals surface area (Å²) < 4.78 is 30.0. The van der Waals surface area contributed by atoms with Crippen molar-refractivity contribution in [1.82, 2.24) is 29.1 Å². The van der Waals surface area contributed by atoms with Crippen molar-refractivity contribution in [2.75, 3.05) is 19.6 Å². The molecule has 2 aromatic heterocycles. The molecule has 5 rings (SSSR count). The van der Waals surface area contributed by atoms with Crippen LogP contribution in [0, 0.1) is 19.8 Å². The van der Waals surface area contributed by atoms with E-state index in [1.165, 1.54) is 18.2 Å². The number of nitrogens with one attached hydrogen (secondary N) is 1. The van der Waals surface area contributed by atoms with E-state index < -0.39 is 34.0 Å². The highest BCUT2D eigenvalue weighted by molar-refractivity contribution is 7.89. The van der Waals surface area contributed by atoms with Gasteiger partial charge in [0.25, 0.3) is 0 Å². The second-order valence-corrected chi connectivity index (χ2v) is 15.5. The molecule has 15 heteroatoms. The van der Waals surface area contributed by atoms with Gasteiger partial charge in [0, 0.05) is 54.8 Å². The Bertz CT molecular complexity index is 1790. The van der Waals surface area contributed by atoms with Crippen molar-refractivity contribution in [1.29, 1.82) is 0 Å². The maximum absolute atomic E-state index is 13.3. The number of benzene rings is 1. The summed E-state index contributed by atoms with van der Waals surface area (Å²) in [5.74, 6) is -0.723. The fourth-order valence-corrected chi connectivity index (χ4v) is 9.17. The zero-order valence-corrected chi connectivity index (χ0v) is 29.7. The van der Waals surface area contributed by atoms with Gasteiger partial charge in [0.15, 0.2) is 5.65 Å². The van der Waals surface area contributed by atoms with Crippen molar-refractivity contribution >= 4 is 62.2 Å². The van der Waals surface area contributed by atoms with Crippen molar-refractivity contribution < 1.29 is 27.9 Å². The van der Waals surface area contributed by atoms with Crippen molar-refractivity contribution in [2.45, 2.75) is 95.7 Å². The van der Waals surface area contributed by atoms with Crippen LogP contribution >= 0.6 is 23.2 Å². The van der Waals surface area contributed by atoms with Crippen molar-refractivity contribution in [3.63, 3.8) is 0 Å². The normalized spacial score (nSPS) is 18.4. The first kappa shape index (κ1) is 36.0. The number of hydrogen-bond donors (Lipinski definition) is 2. The lowest BCUT2D eigenvalue weighted by Gasteiger charge is -2.32. The number of fused-ring (bicyclic) bond motifs is 1. The highest BCUT2D eigenvalue weighted by Crippen LogP contribution is 2.30. The van der Waals surface area contributed by atoms with Gasteiger partial charge < -0.3 is 19.9 Å². The molecule has 260 valence electrons. The lowest BCUT2D eigenvalue weighted by molar-refractivity contribution is -0.143. The smallest absolute Gasteiger partial charge is 0.326 e. The summed E-state index contributed by atoms with van der Waals surface area (Å²) >= 11 is 12.0. The first-order valence-corrected chi connectivity index (χ1v) is 18.6. The molecule has 0 saturated carbocycles. The molecule has 0 aliphatic carbocycles. The molecule has 1 aromatic carbocycles. The number of aryl methyl sites for hydroxylation is 4. The summed E-state index contributed by atoms with van der Waals surface area (Å²) in [6.07, 6.45) is 3.93. The third-order valence-electron chi connectivity index (χ3n) is 9.36. The molecule has 0 spiro atoms. The second kappa shape index (κ2) is 15.1. The average molecular weight is 722 g/mol. The predicted octanol–water partition coefficient (Wildman–Crippen LogP) is 4.75. The number of piperidine rings is 1. The van der Waals surface area contributed by atoms with Crippen molar-refractivity contribution in [2.24, 2.45) is 5.92 Å². The molecule has 4 heterocycles. The van der Waals surface area contributed by atoms with E-state index in [4.69, 9.17) is 33.2 Å². The molecule has 2 atom stereocenters. The summed E-state index contributed by atoms with van der Waals surface area (Å²) in [5, 5.41) is 12.6. The molecule has 0 radical (unpaired) electrons. The minimum Gasteiger partial charge on any atom is -0.480 e. The molecule has 12 nitrogen and oxygen atoms in total. The Labute approximate surface area is 290 Å². The van der Waals surface area contributed by atoms with E-state index in [2.05, 4.69) is 29.8 Å². The number of sulfonamides is 1. The van der Waals surface area contributed by atoms with Gasteiger partial charge in [-0.05, 0) is 88.1 Å². The number of carboxylic acids is 1. The molecule has 3 aromatic rings. The second-order valence-electron chi connectivity index (χ2n) is 12.7. The molecule has 2 aliphatic rings. The number of halogens is 2. The van der Waals surface area contributed by atoms with Gasteiger partial charge in [0.05, 0.1) is 4.90 Å². The number of imidazole rings is 1. The molecule has 2 aliphatic heterocycles. The van der Waals surface area contributed by atoms with Gasteiger partial charge in [-0.1, -0.05) is 30.1 Å². The minimum absolute atomic E-state index is 0.0547. The van der Waals surface area contributed by atoms with Gasteiger partial charge >= 0.3 is 5.97 Å². The van der Waals surface area contributed by atoms with E-state index in [0.717, 1.165) is 64.8 Å². The van der Waals surface area contributed by atoms with Crippen LogP contribution in [0.5, 0.6) is 0 Å². The lowest BCUT2D eigenvalue weighted by atomic mass is 9.93. The topological polar surface area (TPSA) is 155 Å². The van der Waals surface area contributed by atoms with E-state index in [9.17, 15) is 27.9 Å². The van der Waals surface area contributed by atoms with E-state index in [0.29, 0.717) is 25.4 Å². The van der Waals surface area contributed by atoms with Crippen LogP contribution in [0.25, 0.3) is 11.2 Å². The largest absolute Gasteiger partial charge is 0.480 e. The Balaban J connectivity index is 1.12. The summed E-state index contributed by atoms with van der Waals surface area (Å²) in [4.78, 5) is 49.6. The summed E-state index contributed by atoms with van der Waals surface area (Å²) in [7, 11) is -4.13. The zero-order valence-electron chi connectivity index (χ0n) is 27.4. The summed E-state index contributed by atoms with van der Waals surface area (Å²) in [6, 6.07) is 3.53. The molecule has 2 fully saturated rings. The molecule has 48 heavy (non-hydrogen) atoms. The maximum atomic E-state index is 13.3. The van der Waals surface area contributed by atoms with Gasteiger partial charge in [0.1, 0.15) is 23.4 Å². The number of rotatable bonds is 12. The average Bonchev–Trinajstić information content (AvgIpc) is 3.67. The van der Waals surface area contributed by atoms with E-state index in [1.54, 1.807) is 4.90 Å². The third kappa shape index (κ3) is 7.96. The maximum Gasteiger partial charge on any atom is 0.326 e. The summed E-state index contributed by atoms with van der Waals surface area (Å²) in [5.41, 5.74) is 3.95. The number of nitrogens with zero attached hydrogens (tertiary/aromatic N) is 5. The zero-order chi connectivity index (χ0) is 34.7. The number of carboxylic acid groups (broad SMARTS) is 1. The highest BCUT2D eigenvalue weighted by Gasteiger charge is 2.41. The number of pyridine rings is 1. The SMILES string of the molecule is CCc1nc2c(C)cc(C)nc2n1CCC1CCN(C(=O)CC[C@H](NC(=O)[C@@H]2CCCN2S(=O)(=O)c2cc(Cl)cc(Cl)c2)C(=O)O)CC1. The Kier molecular flexibility index (Phi) is 11.3. The fourth-order valence-electron chi connectivity index (χ4n) is 6.79. The van der Waals surface area contributed by atoms with Crippen molar-refractivity contribution in [3.05, 3.63) is 51.4 Å². The van der Waals surface area contributed by atoms with Crippen LogP contribution in [0.3, 0.4) is 0 Å². The van der Waals surface area contributed by atoms with Gasteiger partial charge in [-0.25, -0.2) is 23.2 Å². The standard InChI is InChI=1S/C33H42Cl2N6O6S/c1-4-28-38-30-20(2)16-21(3)36-31(30)40(28)15-11-22-9-13-39(14-10-22)29(42)8-7-26(33(44)45)37-32(43)27-6-5-12-41(27)48(46,47)25-18-23(34)17-24(35)19-25/h16-19,22,26-27H,4-15H2,1-3H3,(H,37,43)(H,44,45)/t26-,27-/m0/s1. The van der Waals surface area contributed by atoms with Crippen LogP contribution in [0.2, 0.25) is 10.0 Å². The van der Waals surface area contributed by atoms with E-state index in [1.807, 2.05) is 6.92 Å². The lowest BCUT2D eigenvalue weighted by Crippen LogP contribution is -2.51. The number of aromatic nitrogens is 3. The number of hydrogen-bond acceptors (Lipinski definition) is 7. The van der Waals surface area contributed by atoms with Gasteiger partial charge in [0.2, 0.25) is 21.8 Å². The Morgan fingerprint density at radius 2 is 1.71 bits per heavy atom. The number of amides is 2. The highest BCUT2D eigenvalue weighted by atomic mass is 35.5. The molecule has 2 N–H and O–H groups in total. The predicted molar refractivity (Wildman–Crippen MR) is 182 cm³/mol. The van der Waals surface area contributed by atoms with Crippen LogP contribution < -0.4 is 5.32 Å². The quantitative estimate of drug-likeness (QED) is 0.272. The molecule has 2 amide bonds. The molecule has 0 bridgehead atoms. The number of likely N-dealkylation sites (tertiary alicyclic amines) is 1. The number of carbonyl (C=O) groups is 3. The fraction of sp³-hybridized carbons (Fsp3) is 0.545. The Morgan fingerprint density at radius 3 is 2.35 bits per heavy atom. The van der Waals surface area contributed by atoms with Crippen LogP contribution in [0.4, 0.5) is 0 Å². The monoisotopic (exact) mass is 720 g/mol.